The standard InChI is InChI=1S/C39H74NO9P/c1-3-5-7-9-11-13-14-15-16-17-18-19-20-21-22-24-26-28-30-32-46-33-36(34-47-50(44,45)48-35-37(40)39(42)43)49-38(41)31-29-27-25-23-12-10-8-6-4-2/h13-14,16-17,36-37H,3-12,15,18-35,40H2,1-2H3,(H,42,43)(H,44,45)/b14-13-,17-16-. The Morgan fingerprint density at radius 3 is 1.64 bits per heavy atom. The molecule has 0 aromatic rings. The number of hydrogen-bond acceptors (Lipinski definition) is 8. The number of carboxylic acids is 1. The molecule has 0 aliphatic carbocycles. The third kappa shape index (κ3) is 34.9. The number of hydrogen-bond donors (Lipinski definition) is 3. The van der Waals surface area contributed by atoms with Crippen LogP contribution in [0.2, 0.25) is 0 Å². The number of ether oxygens (including phenoxy) is 2. The minimum atomic E-state index is -4.60. The zero-order valence-corrected chi connectivity index (χ0v) is 32.6. The van der Waals surface area contributed by atoms with E-state index in [1.807, 2.05) is 0 Å². The summed E-state index contributed by atoms with van der Waals surface area (Å²) in [6.07, 6.45) is 36.7. The number of phosphoric acid groups is 1. The summed E-state index contributed by atoms with van der Waals surface area (Å²) in [5, 5.41) is 8.86. The monoisotopic (exact) mass is 732 g/mol. The second kappa shape index (κ2) is 35.8. The topological polar surface area (TPSA) is 155 Å². The molecule has 0 aromatic carbocycles. The van der Waals surface area contributed by atoms with Gasteiger partial charge in [-0.15, -0.1) is 0 Å². The first-order valence-electron chi connectivity index (χ1n) is 19.9. The van der Waals surface area contributed by atoms with Crippen molar-refractivity contribution in [2.45, 2.75) is 187 Å². The number of nitrogens with two attached hydrogens (primary N) is 1. The highest BCUT2D eigenvalue weighted by Crippen LogP contribution is 2.43. The van der Waals surface area contributed by atoms with Crippen molar-refractivity contribution in [3.63, 3.8) is 0 Å². The van der Waals surface area contributed by atoms with E-state index < -0.39 is 45.1 Å². The van der Waals surface area contributed by atoms with Crippen LogP contribution in [0.1, 0.15) is 174 Å². The highest BCUT2D eigenvalue weighted by atomic mass is 31.2. The Kier molecular flexibility index (Phi) is 34.7. The first kappa shape index (κ1) is 48.5. The van der Waals surface area contributed by atoms with E-state index in [1.165, 1.54) is 96.3 Å². The lowest BCUT2D eigenvalue weighted by molar-refractivity contribution is -0.154. The molecule has 10 nitrogen and oxygen atoms in total. The van der Waals surface area contributed by atoms with Crippen molar-refractivity contribution < 1.29 is 42.7 Å². The summed E-state index contributed by atoms with van der Waals surface area (Å²) in [6, 6.07) is -1.47. The lowest BCUT2D eigenvalue weighted by atomic mass is 10.1. The minimum Gasteiger partial charge on any atom is -0.480 e. The fourth-order valence-electron chi connectivity index (χ4n) is 5.34. The Morgan fingerprint density at radius 1 is 0.640 bits per heavy atom. The van der Waals surface area contributed by atoms with Crippen LogP contribution < -0.4 is 5.73 Å². The van der Waals surface area contributed by atoms with Crippen molar-refractivity contribution in [1.82, 2.24) is 0 Å². The zero-order valence-electron chi connectivity index (χ0n) is 31.7. The number of allylic oxidation sites excluding steroid dienone is 4. The van der Waals surface area contributed by atoms with Gasteiger partial charge in [0.05, 0.1) is 19.8 Å². The molecule has 3 unspecified atom stereocenters. The van der Waals surface area contributed by atoms with Crippen molar-refractivity contribution in [2.75, 3.05) is 26.4 Å². The van der Waals surface area contributed by atoms with Gasteiger partial charge in [0, 0.05) is 13.0 Å². The van der Waals surface area contributed by atoms with Crippen molar-refractivity contribution in [3.8, 4) is 0 Å². The molecule has 4 N–H and O–H groups in total. The molecule has 0 rings (SSSR count). The van der Waals surface area contributed by atoms with Gasteiger partial charge in [0.15, 0.2) is 0 Å². The van der Waals surface area contributed by atoms with Crippen molar-refractivity contribution in [3.05, 3.63) is 24.3 Å². The highest BCUT2D eigenvalue weighted by molar-refractivity contribution is 7.47. The Hall–Kier alpha value is -1.55. The molecule has 11 heteroatoms. The summed E-state index contributed by atoms with van der Waals surface area (Å²) >= 11 is 0. The van der Waals surface area contributed by atoms with Crippen LogP contribution in [0.15, 0.2) is 24.3 Å². The highest BCUT2D eigenvalue weighted by Gasteiger charge is 2.27. The van der Waals surface area contributed by atoms with Gasteiger partial charge in [0.1, 0.15) is 12.1 Å². The number of carboxylic acid groups (broad SMARTS) is 1. The van der Waals surface area contributed by atoms with Gasteiger partial charge in [-0.05, 0) is 44.9 Å². The quantitative estimate of drug-likeness (QED) is 0.0242. The van der Waals surface area contributed by atoms with E-state index in [0.29, 0.717) is 13.0 Å². The van der Waals surface area contributed by atoms with Gasteiger partial charge in [0.25, 0.3) is 0 Å². The van der Waals surface area contributed by atoms with E-state index in [-0.39, 0.29) is 13.0 Å². The molecule has 294 valence electrons. The number of carbonyl (C=O) groups is 2. The van der Waals surface area contributed by atoms with E-state index in [0.717, 1.165) is 51.4 Å². The maximum absolute atomic E-state index is 12.5. The lowest BCUT2D eigenvalue weighted by Gasteiger charge is -2.20. The van der Waals surface area contributed by atoms with Crippen molar-refractivity contribution >= 4 is 19.8 Å². The van der Waals surface area contributed by atoms with Crippen molar-refractivity contribution in [1.29, 1.82) is 0 Å². The van der Waals surface area contributed by atoms with Gasteiger partial charge >= 0.3 is 19.8 Å². The molecular formula is C39H74NO9P. The number of phosphoric ester groups is 1. The van der Waals surface area contributed by atoms with E-state index in [9.17, 15) is 19.0 Å². The summed E-state index contributed by atoms with van der Waals surface area (Å²) in [6.45, 7) is 3.82. The van der Waals surface area contributed by atoms with Crippen molar-refractivity contribution in [2.24, 2.45) is 5.73 Å². The normalized spacial score (nSPS) is 14.3. The average molecular weight is 732 g/mol. The Bertz CT molecular complexity index is 899. The van der Waals surface area contributed by atoms with Gasteiger partial charge in [0.2, 0.25) is 0 Å². The molecule has 0 spiro atoms. The van der Waals surface area contributed by atoms with Crippen LogP contribution in [0.4, 0.5) is 0 Å². The summed E-state index contributed by atoms with van der Waals surface area (Å²) in [5.41, 5.74) is 5.33. The van der Waals surface area contributed by atoms with Gasteiger partial charge in [-0.2, -0.15) is 0 Å². The number of carbonyl (C=O) groups excluding carboxylic acids is 1. The third-order valence-corrected chi connectivity index (χ3v) is 9.43. The first-order chi connectivity index (χ1) is 24.2. The second-order valence-corrected chi connectivity index (χ2v) is 14.9. The smallest absolute Gasteiger partial charge is 0.472 e. The molecule has 0 aliphatic rings. The summed E-state index contributed by atoms with van der Waals surface area (Å²) in [5.74, 6) is -1.78. The SMILES string of the molecule is CCCCCC/C=C\C/C=C\CCCCCCCCCCOCC(COP(=O)(O)OCC(N)C(=O)O)OC(=O)CCCCCCCCCCC. The Labute approximate surface area is 304 Å². The molecule has 3 atom stereocenters. The van der Waals surface area contributed by atoms with Gasteiger partial charge in [-0.25, -0.2) is 4.57 Å². The molecule has 0 bridgehead atoms. The van der Waals surface area contributed by atoms with Crippen LogP contribution in [0.25, 0.3) is 0 Å². The number of rotatable bonds is 38. The molecule has 0 aromatic heterocycles. The van der Waals surface area contributed by atoms with Crippen LogP contribution >= 0.6 is 7.82 Å². The van der Waals surface area contributed by atoms with Crippen LogP contribution in [-0.4, -0.2) is 60.5 Å². The molecular weight excluding hydrogens is 657 g/mol. The van der Waals surface area contributed by atoms with E-state index in [4.69, 9.17) is 24.8 Å². The van der Waals surface area contributed by atoms with Gasteiger partial charge in [-0.3, -0.25) is 18.6 Å². The predicted octanol–water partition coefficient (Wildman–Crippen LogP) is 10.4. The van der Waals surface area contributed by atoms with Crippen LogP contribution in [0.3, 0.4) is 0 Å². The molecule has 0 amide bonds. The Morgan fingerprint density at radius 2 is 1.10 bits per heavy atom. The molecule has 0 radical (unpaired) electrons. The maximum Gasteiger partial charge on any atom is 0.472 e. The second-order valence-electron chi connectivity index (χ2n) is 13.4. The van der Waals surface area contributed by atoms with Crippen LogP contribution in [0, 0.1) is 0 Å². The summed E-state index contributed by atoms with van der Waals surface area (Å²) in [7, 11) is -4.60. The Balaban J connectivity index is 4.19. The third-order valence-electron chi connectivity index (χ3n) is 8.48. The zero-order chi connectivity index (χ0) is 37.0. The molecule has 0 saturated carbocycles. The van der Waals surface area contributed by atoms with E-state index in [2.05, 4.69) is 42.7 Å². The average Bonchev–Trinajstić information content (AvgIpc) is 3.09. The van der Waals surface area contributed by atoms with Gasteiger partial charge < -0.3 is 25.2 Å². The first-order valence-corrected chi connectivity index (χ1v) is 21.4. The predicted molar refractivity (Wildman–Crippen MR) is 203 cm³/mol. The number of unbranched alkanes of at least 4 members (excludes halogenated alkanes) is 20. The largest absolute Gasteiger partial charge is 0.480 e. The fourth-order valence-corrected chi connectivity index (χ4v) is 6.12. The fraction of sp³-hybridized carbons (Fsp3) is 0.846. The van der Waals surface area contributed by atoms with Crippen LogP contribution in [0.5, 0.6) is 0 Å². The molecule has 0 heterocycles. The van der Waals surface area contributed by atoms with Gasteiger partial charge in [-0.1, -0.05) is 147 Å². The maximum atomic E-state index is 12.5. The number of aliphatic carboxylic acids is 1. The molecule has 50 heavy (non-hydrogen) atoms. The van der Waals surface area contributed by atoms with E-state index in [1.54, 1.807) is 0 Å². The lowest BCUT2D eigenvalue weighted by Crippen LogP contribution is -2.34. The molecule has 0 aliphatic heterocycles. The summed E-state index contributed by atoms with van der Waals surface area (Å²) < 4.78 is 33.2. The molecule has 0 fully saturated rings. The van der Waals surface area contributed by atoms with Crippen LogP contribution in [-0.2, 0) is 32.7 Å². The van der Waals surface area contributed by atoms with E-state index >= 15 is 0 Å². The number of esters is 1. The molecule has 0 saturated heterocycles. The minimum absolute atomic E-state index is 0.0158. The summed E-state index contributed by atoms with van der Waals surface area (Å²) in [4.78, 5) is 33.3.